The molecule has 1 aromatic rings. The third kappa shape index (κ3) is 4.45. The van der Waals surface area contributed by atoms with Gasteiger partial charge in [-0.3, -0.25) is 4.79 Å². The van der Waals surface area contributed by atoms with Crippen LogP contribution in [-0.2, 0) is 10.0 Å². The molecule has 3 rings (SSSR count). The highest BCUT2D eigenvalue weighted by Crippen LogP contribution is 2.32. The van der Waals surface area contributed by atoms with E-state index in [2.05, 4.69) is 14.9 Å². The van der Waals surface area contributed by atoms with Gasteiger partial charge >= 0.3 is 0 Å². The predicted molar refractivity (Wildman–Crippen MR) is 102 cm³/mol. The summed E-state index contributed by atoms with van der Waals surface area (Å²) in [6, 6.07) is 6.67. The van der Waals surface area contributed by atoms with Crippen LogP contribution in [0.2, 0.25) is 0 Å². The molecule has 7 heteroatoms. The van der Waals surface area contributed by atoms with Gasteiger partial charge < -0.3 is 10.2 Å². The van der Waals surface area contributed by atoms with Crippen LogP contribution in [0.5, 0.6) is 0 Å². The standard InChI is InChI=1S/C19H29N3O3S/c1-20-19(23)16-7-9-17(10-8-16)26(24,25)21-12-11-15-5-4-14-22-13-3-2-6-18(15)22/h7-10,15,18,21H,2-6,11-14H2,1H3,(H,20,23)/t15-,18+/m0/s1. The maximum absolute atomic E-state index is 12.5. The van der Waals surface area contributed by atoms with Crippen molar-refractivity contribution in [2.45, 2.75) is 49.5 Å². The zero-order chi connectivity index (χ0) is 18.6. The number of carbonyl (C=O) groups is 1. The Bertz CT molecular complexity index is 716. The van der Waals surface area contributed by atoms with Gasteiger partial charge in [0, 0.05) is 25.2 Å². The lowest BCUT2D eigenvalue weighted by Gasteiger charge is -2.44. The molecule has 1 aromatic carbocycles. The van der Waals surface area contributed by atoms with E-state index in [4.69, 9.17) is 0 Å². The second-order valence-corrected chi connectivity index (χ2v) is 9.06. The Labute approximate surface area is 156 Å². The normalized spacial score (nSPS) is 24.0. The van der Waals surface area contributed by atoms with Crippen molar-refractivity contribution in [3.05, 3.63) is 29.8 Å². The summed E-state index contributed by atoms with van der Waals surface area (Å²) in [7, 11) is -1.99. The molecule has 2 N–H and O–H groups in total. The molecule has 2 heterocycles. The number of benzene rings is 1. The minimum Gasteiger partial charge on any atom is -0.355 e. The fourth-order valence-corrected chi connectivity index (χ4v) is 5.35. The molecule has 2 atom stereocenters. The molecule has 0 aromatic heterocycles. The van der Waals surface area contributed by atoms with Gasteiger partial charge in [-0.05, 0) is 75.4 Å². The summed E-state index contributed by atoms with van der Waals surface area (Å²) < 4.78 is 27.7. The Kier molecular flexibility index (Phi) is 6.32. The zero-order valence-electron chi connectivity index (χ0n) is 15.4. The first-order chi connectivity index (χ1) is 12.5. The topological polar surface area (TPSA) is 78.5 Å². The summed E-state index contributed by atoms with van der Waals surface area (Å²) in [6.45, 7) is 2.86. The van der Waals surface area contributed by atoms with E-state index in [-0.39, 0.29) is 10.8 Å². The van der Waals surface area contributed by atoms with Crippen molar-refractivity contribution < 1.29 is 13.2 Å². The average molecular weight is 380 g/mol. The van der Waals surface area contributed by atoms with Gasteiger partial charge in [-0.1, -0.05) is 6.42 Å². The van der Waals surface area contributed by atoms with E-state index in [1.54, 1.807) is 7.05 Å². The molecule has 26 heavy (non-hydrogen) atoms. The first-order valence-electron chi connectivity index (χ1n) is 9.57. The number of fused-ring (bicyclic) bond motifs is 1. The van der Waals surface area contributed by atoms with Gasteiger partial charge in [0.05, 0.1) is 4.90 Å². The molecule has 2 saturated heterocycles. The molecule has 0 spiro atoms. The number of hydrogen-bond donors (Lipinski definition) is 2. The Morgan fingerprint density at radius 2 is 1.85 bits per heavy atom. The van der Waals surface area contributed by atoms with Crippen molar-refractivity contribution in [2.24, 2.45) is 5.92 Å². The van der Waals surface area contributed by atoms with Crippen LogP contribution >= 0.6 is 0 Å². The number of nitrogens with zero attached hydrogens (tertiary/aromatic N) is 1. The summed E-state index contributed by atoms with van der Waals surface area (Å²) in [5, 5.41) is 2.52. The number of rotatable bonds is 6. The van der Waals surface area contributed by atoms with E-state index in [9.17, 15) is 13.2 Å². The number of sulfonamides is 1. The summed E-state index contributed by atoms with van der Waals surface area (Å²) in [4.78, 5) is 14.4. The number of piperidine rings is 2. The maximum Gasteiger partial charge on any atom is 0.251 e. The van der Waals surface area contributed by atoms with Crippen LogP contribution in [-0.4, -0.2) is 51.9 Å². The molecule has 0 saturated carbocycles. The smallest absolute Gasteiger partial charge is 0.251 e. The van der Waals surface area contributed by atoms with Crippen LogP contribution in [0, 0.1) is 5.92 Å². The number of hydrogen-bond acceptors (Lipinski definition) is 4. The lowest BCUT2D eigenvalue weighted by atomic mass is 9.82. The van der Waals surface area contributed by atoms with Crippen molar-refractivity contribution in [1.82, 2.24) is 14.9 Å². The van der Waals surface area contributed by atoms with Crippen LogP contribution in [0.25, 0.3) is 0 Å². The quantitative estimate of drug-likeness (QED) is 0.792. The van der Waals surface area contributed by atoms with Crippen LogP contribution in [0.1, 0.15) is 48.9 Å². The monoisotopic (exact) mass is 379 g/mol. The molecule has 144 valence electrons. The molecule has 0 radical (unpaired) electrons. The van der Waals surface area contributed by atoms with Gasteiger partial charge in [0.25, 0.3) is 5.91 Å². The number of nitrogens with one attached hydrogen (secondary N) is 2. The Morgan fingerprint density at radius 3 is 2.58 bits per heavy atom. The Balaban J connectivity index is 1.55. The maximum atomic E-state index is 12.5. The molecule has 0 aliphatic carbocycles. The highest BCUT2D eigenvalue weighted by atomic mass is 32.2. The molecular formula is C19H29N3O3S. The van der Waals surface area contributed by atoms with Gasteiger partial charge in [0.2, 0.25) is 10.0 Å². The van der Waals surface area contributed by atoms with E-state index >= 15 is 0 Å². The lowest BCUT2D eigenvalue weighted by molar-refractivity contribution is 0.0565. The molecule has 2 aliphatic rings. The first-order valence-corrected chi connectivity index (χ1v) is 11.1. The summed E-state index contributed by atoms with van der Waals surface area (Å²) >= 11 is 0. The van der Waals surface area contributed by atoms with E-state index in [1.807, 2.05) is 0 Å². The predicted octanol–water partition coefficient (Wildman–Crippen LogP) is 1.98. The van der Waals surface area contributed by atoms with E-state index < -0.39 is 10.0 Å². The molecule has 0 unspecified atom stereocenters. The van der Waals surface area contributed by atoms with Gasteiger partial charge in [-0.2, -0.15) is 0 Å². The number of carbonyl (C=O) groups excluding carboxylic acids is 1. The van der Waals surface area contributed by atoms with E-state index in [0.29, 0.717) is 24.1 Å². The van der Waals surface area contributed by atoms with Crippen LogP contribution < -0.4 is 10.0 Å². The molecule has 1 amide bonds. The minimum absolute atomic E-state index is 0.202. The van der Waals surface area contributed by atoms with Crippen molar-refractivity contribution in [3.8, 4) is 0 Å². The zero-order valence-corrected chi connectivity index (χ0v) is 16.2. The SMILES string of the molecule is CNC(=O)c1ccc(S(=O)(=O)NCC[C@@H]2CCCN3CCCC[C@H]23)cc1. The summed E-state index contributed by atoms with van der Waals surface area (Å²) in [5.74, 6) is 0.360. The van der Waals surface area contributed by atoms with E-state index in [1.165, 1.54) is 69.5 Å². The Hall–Kier alpha value is -1.44. The molecule has 6 nitrogen and oxygen atoms in total. The highest BCUT2D eigenvalue weighted by Gasteiger charge is 2.32. The van der Waals surface area contributed by atoms with Crippen molar-refractivity contribution in [2.75, 3.05) is 26.7 Å². The highest BCUT2D eigenvalue weighted by molar-refractivity contribution is 7.89. The minimum atomic E-state index is -3.53. The number of amides is 1. The second kappa shape index (κ2) is 8.50. The fourth-order valence-electron chi connectivity index (χ4n) is 4.31. The van der Waals surface area contributed by atoms with Gasteiger partial charge in [-0.25, -0.2) is 13.1 Å². The van der Waals surface area contributed by atoms with Gasteiger partial charge in [0.15, 0.2) is 0 Å². The van der Waals surface area contributed by atoms with Crippen LogP contribution in [0.3, 0.4) is 0 Å². The van der Waals surface area contributed by atoms with E-state index in [0.717, 1.165) is 6.42 Å². The Morgan fingerprint density at radius 1 is 1.12 bits per heavy atom. The third-order valence-corrected chi connectivity index (χ3v) is 7.17. The molecule has 2 fully saturated rings. The van der Waals surface area contributed by atoms with Crippen molar-refractivity contribution in [1.29, 1.82) is 0 Å². The first kappa shape index (κ1) is 19.3. The second-order valence-electron chi connectivity index (χ2n) is 7.29. The fraction of sp³-hybridized carbons (Fsp3) is 0.632. The third-order valence-electron chi connectivity index (χ3n) is 5.69. The summed E-state index contributed by atoms with van der Waals surface area (Å²) in [6.07, 6.45) is 7.14. The van der Waals surface area contributed by atoms with Crippen molar-refractivity contribution >= 4 is 15.9 Å². The molecular weight excluding hydrogens is 350 g/mol. The summed E-state index contributed by atoms with van der Waals surface area (Å²) in [5.41, 5.74) is 0.450. The largest absolute Gasteiger partial charge is 0.355 e. The average Bonchev–Trinajstić information content (AvgIpc) is 2.67. The van der Waals surface area contributed by atoms with Crippen LogP contribution in [0.4, 0.5) is 0 Å². The molecule has 2 aliphatic heterocycles. The lowest BCUT2D eigenvalue weighted by Crippen LogP contribution is -2.48. The van der Waals surface area contributed by atoms with Crippen molar-refractivity contribution in [3.63, 3.8) is 0 Å². The van der Waals surface area contributed by atoms with Gasteiger partial charge in [0.1, 0.15) is 0 Å². The van der Waals surface area contributed by atoms with Gasteiger partial charge in [-0.15, -0.1) is 0 Å². The van der Waals surface area contributed by atoms with Crippen LogP contribution in [0.15, 0.2) is 29.2 Å². The molecule has 0 bridgehead atoms.